The molecule has 0 amide bonds. The second-order valence-corrected chi connectivity index (χ2v) is 5.38. The number of piperazine rings is 1. The Morgan fingerprint density at radius 1 is 1.22 bits per heavy atom. The van der Waals surface area contributed by atoms with E-state index in [0.29, 0.717) is 13.0 Å². The minimum atomic E-state index is -0.815. The molecule has 2 atom stereocenters. The average Bonchev–Trinajstić information content (AvgIpc) is 2.70. The number of carbonyl (C=O) groups is 1. The molecular weight excluding hydrogens is 234 g/mol. The summed E-state index contributed by atoms with van der Waals surface area (Å²) in [5.74, 6) is -0.815. The number of rotatable bonds is 4. The largest absolute Gasteiger partial charge is 0.480 e. The van der Waals surface area contributed by atoms with Crippen LogP contribution in [-0.4, -0.2) is 95.9 Å². The van der Waals surface area contributed by atoms with Gasteiger partial charge in [0.25, 0.3) is 0 Å². The monoisotopic (exact) mass is 257 g/mol. The van der Waals surface area contributed by atoms with Gasteiger partial charge in [-0.05, 0) is 7.05 Å². The number of hydrogen-bond donors (Lipinski definition) is 2. The fourth-order valence-corrected chi connectivity index (χ4v) is 2.72. The van der Waals surface area contributed by atoms with Crippen molar-refractivity contribution in [3.63, 3.8) is 0 Å². The molecule has 2 N–H and O–H groups in total. The van der Waals surface area contributed by atoms with E-state index in [-0.39, 0.29) is 0 Å². The number of aliphatic hydroxyl groups is 1. The van der Waals surface area contributed by atoms with Gasteiger partial charge in [0.1, 0.15) is 6.04 Å². The van der Waals surface area contributed by atoms with Gasteiger partial charge in [0.05, 0.1) is 6.10 Å². The lowest BCUT2D eigenvalue weighted by Crippen LogP contribution is -2.48. The first-order valence-corrected chi connectivity index (χ1v) is 6.62. The zero-order chi connectivity index (χ0) is 13.1. The Labute approximate surface area is 108 Å². The Hall–Kier alpha value is -0.690. The van der Waals surface area contributed by atoms with Crippen LogP contribution in [0.15, 0.2) is 0 Å². The fraction of sp³-hybridized carbons (Fsp3) is 0.917. The van der Waals surface area contributed by atoms with E-state index < -0.39 is 18.1 Å². The summed E-state index contributed by atoms with van der Waals surface area (Å²) in [6.45, 7) is 6.36. The third-order valence-corrected chi connectivity index (χ3v) is 3.97. The number of carboxylic acids is 1. The first kappa shape index (κ1) is 13.7. The number of nitrogens with zero attached hydrogens (tertiary/aromatic N) is 3. The zero-order valence-corrected chi connectivity index (χ0v) is 11.0. The smallest absolute Gasteiger partial charge is 0.321 e. The molecule has 6 heteroatoms. The zero-order valence-electron chi connectivity index (χ0n) is 11.0. The Morgan fingerprint density at radius 3 is 2.50 bits per heavy atom. The summed E-state index contributed by atoms with van der Waals surface area (Å²) in [5, 5.41) is 18.7. The normalized spacial score (nSPS) is 31.9. The molecule has 0 aromatic rings. The van der Waals surface area contributed by atoms with Crippen LogP contribution >= 0.6 is 0 Å². The van der Waals surface area contributed by atoms with E-state index in [4.69, 9.17) is 5.11 Å². The van der Waals surface area contributed by atoms with Crippen LogP contribution in [0.3, 0.4) is 0 Å². The van der Waals surface area contributed by atoms with Gasteiger partial charge in [0.15, 0.2) is 0 Å². The van der Waals surface area contributed by atoms with Gasteiger partial charge in [-0.25, -0.2) is 0 Å². The Balaban J connectivity index is 1.77. The summed E-state index contributed by atoms with van der Waals surface area (Å²) >= 11 is 0. The molecule has 2 unspecified atom stereocenters. The van der Waals surface area contributed by atoms with Crippen molar-refractivity contribution in [2.45, 2.75) is 18.6 Å². The van der Waals surface area contributed by atoms with Crippen LogP contribution < -0.4 is 0 Å². The highest BCUT2D eigenvalue weighted by atomic mass is 16.4. The molecule has 0 bridgehead atoms. The number of aliphatic carboxylic acids is 1. The summed E-state index contributed by atoms with van der Waals surface area (Å²) in [6, 6.07) is -0.507. The van der Waals surface area contributed by atoms with Gasteiger partial charge in [0.2, 0.25) is 0 Å². The van der Waals surface area contributed by atoms with Crippen molar-refractivity contribution in [3.05, 3.63) is 0 Å². The summed E-state index contributed by atoms with van der Waals surface area (Å²) in [5.41, 5.74) is 0. The summed E-state index contributed by atoms with van der Waals surface area (Å²) in [6.07, 6.45) is -0.128. The first-order chi connectivity index (χ1) is 8.56. The predicted molar refractivity (Wildman–Crippen MR) is 67.6 cm³/mol. The topological polar surface area (TPSA) is 67.2 Å². The summed E-state index contributed by atoms with van der Waals surface area (Å²) in [4.78, 5) is 17.6. The van der Waals surface area contributed by atoms with Crippen molar-refractivity contribution in [2.75, 3.05) is 52.9 Å². The Bertz CT molecular complexity index is 292. The van der Waals surface area contributed by atoms with Gasteiger partial charge >= 0.3 is 5.97 Å². The SMILES string of the molecule is CN1CCN(CCN2CC(O)CC2C(=O)O)CC1. The molecule has 0 spiro atoms. The molecule has 0 aromatic carbocycles. The lowest BCUT2D eigenvalue weighted by molar-refractivity contribution is -0.142. The van der Waals surface area contributed by atoms with Crippen LogP contribution in [0.2, 0.25) is 0 Å². The van der Waals surface area contributed by atoms with E-state index in [0.717, 1.165) is 39.3 Å². The highest BCUT2D eigenvalue weighted by molar-refractivity contribution is 5.74. The molecule has 0 aliphatic carbocycles. The minimum Gasteiger partial charge on any atom is -0.480 e. The lowest BCUT2D eigenvalue weighted by Gasteiger charge is -2.33. The first-order valence-electron chi connectivity index (χ1n) is 6.62. The molecule has 0 saturated carbocycles. The van der Waals surface area contributed by atoms with Crippen molar-refractivity contribution in [3.8, 4) is 0 Å². The molecule has 0 radical (unpaired) electrons. The van der Waals surface area contributed by atoms with E-state index in [2.05, 4.69) is 16.8 Å². The molecule has 0 aromatic heterocycles. The quantitative estimate of drug-likeness (QED) is 0.656. The van der Waals surface area contributed by atoms with Crippen molar-refractivity contribution < 1.29 is 15.0 Å². The number of likely N-dealkylation sites (tertiary alicyclic amines) is 1. The van der Waals surface area contributed by atoms with Crippen molar-refractivity contribution in [1.82, 2.24) is 14.7 Å². The van der Waals surface area contributed by atoms with Gasteiger partial charge in [-0.2, -0.15) is 0 Å². The van der Waals surface area contributed by atoms with E-state index >= 15 is 0 Å². The van der Waals surface area contributed by atoms with Gasteiger partial charge < -0.3 is 15.1 Å². The van der Waals surface area contributed by atoms with Crippen LogP contribution in [0.4, 0.5) is 0 Å². The van der Waals surface area contributed by atoms with Crippen LogP contribution in [0.5, 0.6) is 0 Å². The molecule has 2 aliphatic heterocycles. The van der Waals surface area contributed by atoms with Crippen molar-refractivity contribution in [2.24, 2.45) is 0 Å². The maximum Gasteiger partial charge on any atom is 0.321 e. The fourth-order valence-electron chi connectivity index (χ4n) is 2.72. The Morgan fingerprint density at radius 2 is 1.89 bits per heavy atom. The standard InChI is InChI=1S/C12H23N3O3/c1-13-2-4-14(5-3-13)6-7-15-9-10(16)8-11(15)12(17)18/h10-11,16H,2-9H2,1H3,(H,17,18). The van der Waals surface area contributed by atoms with E-state index in [9.17, 15) is 9.90 Å². The predicted octanol–water partition coefficient (Wildman–Crippen LogP) is -1.25. The molecule has 2 fully saturated rings. The summed E-state index contributed by atoms with van der Waals surface area (Å²) < 4.78 is 0. The maximum atomic E-state index is 11.1. The molecular formula is C12H23N3O3. The Kier molecular flexibility index (Phi) is 4.55. The van der Waals surface area contributed by atoms with E-state index in [1.165, 1.54) is 0 Å². The van der Waals surface area contributed by atoms with Crippen LogP contribution in [-0.2, 0) is 4.79 Å². The van der Waals surface area contributed by atoms with Crippen LogP contribution in [0, 0.1) is 0 Å². The highest BCUT2D eigenvalue weighted by Crippen LogP contribution is 2.17. The molecule has 2 aliphatic rings. The molecule has 2 heterocycles. The third kappa shape index (κ3) is 3.41. The molecule has 2 rings (SSSR count). The highest BCUT2D eigenvalue weighted by Gasteiger charge is 2.35. The van der Waals surface area contributed by atoms with Gasteiger partial charge in [-0.15, -0.1) is 0 Å². The van der Waals surface area contributed by atoms with Gasteiger partial charge in [-0.3, -0.25) is 14.6 Å². The van der Waals surface area contributed by atoms with Crippen molar-refractivity contribution in [1.29, 1.82) is 0 Å². The van der Waals surface area contributed by atoms with Crippen molar-refractivity contribution >= 4 is 5.97 Å². The number of carboxylic acid groups (broad SMARTS) is 1. The van der Waals surface area contributed by atoms with E-state index in [1.54, 1.807) is 0 Å². The molecule has 104 valence electrons. The second kappa shape index (κ2) is 5.97. The van der Waals surface area contributed by atoms with Gasteiger partial charge in [0, 0.05) is 52.2 Å². The minimum absolute atomic E-state index is 0.359. The lowest BCUT2D eigenvalue weighted by atomic mass is 10.2. The molecule has 18 heavy (non-hydrogen) atoms. The molecule has 6 nitrogen and oxygen atoms in total. The van der Waals surface area contributed by atoms with Gasteiger partial charge in [-0.1, -0.05) is 0 Å². The molecule has 2 saturated heterocycles. The number of β-amino-alcohol motifs (C(OH)–C–C–N with tert-alkyl or cyclic N) is 1. The summed E-state index contributed by atoms with van der Waals surface area (Å²) in [7, 11) is 2.12. The maximum absolute atomic E-state index is 11.1. The van der Waals surface area contributed by atoms with Crippen LogP contribution in [0.1, 0.15) is 6.42 Å². The number of aliphatic hydroxyl groups excluding tert-OH is 1. The third-order valence-electron chi connectivity index (χ3n) is 3.97. The van der Waals surface area contributed by atoms with E-state index in [1.807, 2.05) is 4.90 Å². The average molecular weight is 257 g/mol. The number of hydrogen-bond acceptors (Lipinski definition) is 5. The van der Waals surface area contributed by atoms with Crippen LogP contribution in [0.25, 0.3) is 0 Å². The number of likely N-dealkylation sites (N-methyl/N-ethyl adjacent to an activating group) is 1. The second-order valence-electron chi connectivity index (χ2n) is 5.38.